The van der Waals surface area contributed by atoms with E-state index in [4.69, 9.17) is 4.74 Å². The number of nitrogens with zero attached hydrogens (tertiary/aromatic N) is 5. The largest absolute Gasteiger partial charge is 0.492 e. The molecule has 3 heterocycles. The molecule has 1 fully saturated rings. The molecule has 10 heteroatoms. The maximum atomic E-state index is 12.0. The van der Waals surface area contributed by atoms with Crippen molar-refractivity contribution in [2.75, 3.05) is 32.8 Å². The van der Waals surface area contributed by atoms with E-state index in [1.807, 2.05) is 31.2 Å². The second-order valence-corrected chi connectivity index (χ2v) is 8.74. The van der Waals surface area contributed by atoms with Crippen molar-refractivity contribution in [1.82, 2.24) is 24.4 Å². The van der Waals surface area contributed by atoms with Crippen molar-refractivity contribution < 1.29 is 14.6 Å². The smallest absolute Gasteiger partial charge is 0.409 e. The van der Waals surface area contributed by atoms with Gasteiger partial charge in [0.15, 0.2) is 0 Å². The van der Waals surface area contributed by atoms with Gasteiger partial charge in [0.05, 0.1) is 17.5 Å². The Morgan fingerprint density at radius 3 is 2.59 bits per heavy atom. The SMILES string of the molecule is CCOC(=O)N1CCN(C(c2ccc(Br)cc2)c2sc3nc(C)nn3c2O)CC1. The van der Waals surface area contributed by atoms with Crippen molar-refractivity contribution >= 4 is 38.3 Å². The van der Waals surface area contributed by atoms with Crippen molar-refractivity contribution in [2.24, 2.45) is 0 Å². The third-order valence-electron chi connectivity index (χ3n) is 4.95. The van der Waals surface area contributed by atoms with E-state index < -0.39 is 0 Å². The fraction of sp³-hybridized carbons (Fsp3) is 0.421. The molecule has 1 aliphatic rings. The molecule has 2 aromatic heterocycles. The topological polar surface area (TPSA) is 83.2 Å². The summed E-state index contributed by atoms with van der Waals surface area (Å²) in [4.78, 5) is 21.9. The highest BCUT2D eigenvalue weighted by Crippen LogP contribution is 2.40. The molecule has 29 heavy (non-hydrogen) atoms. The first-order valence-electron chi connectivity index (χ1n) is 9.44. The Kier molecular flexibility index (Phi) is 5.75. The van der Waals surface area contributed by atoms with Gasteiger partial charge in [-0.25, -0.2) is 9.78 Å². The number of aromatic hydroxyl groups is 1. The minimum Gasteiger partial charge on any atom is -0.492 e. The maximum absolute atomic E-state index is 12.0. The highest BCUT2D eigenvalue weighted by molar-refractivity contribution is 9.10. The van der Waals surface area contributed by atoms with Crippen LogP contribution in [0.15, 0.2) is 28.7 Å². The van der Waals surface area contributed by atoms with Gasteiger partial charge >= 0.3 is 6.09 Å². The molecule has 1 aliphatic heterocycles. The fourth-order valence-electron chi connectivity index (χ4n) is 3.58. The number of amides is 1. The highest BCUT2D eigenvalue weighted by atomic mass is 79.9. The zero-order chi connectivity index (χ0) is 20.5. The number of halogens is 1. The Balaban J connectivity index is 1.66. The van der Waals surface area contributed by atoms with Gasteiger partial charge in [-0.15, -0.1) is 5.10 Å². The number of rotatable bonds is 4. The van der Waals surface area contributed by atoms with Crippen LogP contribution in [-0.2, 0) is 4.74 Å². The predicted molar refractivity (Wildman–Crippen MR) is 113 cm³/mol. The van der Waals surface area contributed by atoms with E-state index in [1.165, 1.54) is 15.9 Å². The van der Waals surface area contributed by atoms with Crippen LogP contribution in [-0.4, -0.2) is 68.4 Å². The summed E-state index contributed by atoms with van der Waals surface area (Å²) in [5.41, 5.74) is 1.06. The molecule has 1 atom stereocenters. The van der Waals surface area contributed by atoms with Crippen LogP contribution in [0.3, 0.4) is 0 Å². The molecule has 0 saturated carbocycles. The van der Waals surface area contributed by atoms with Gasteiger partial charge in [-0.1, -0.05) is 39.4 Å². The van der Waals surface area contributed by atoms with Gasteiger partial charge in [0.25, 0.3) is 0 Å². The second-order valence-electron chi connectivity index (χ2n) is 6.82. The average molecular weight is 480 g/mol. The van der Waals surface area contributed by atoms with E-state index >= 15 is 0 Å². The lowest BCUT2D eigenvalue weighted by atomic mass is 10.0. The molecule has 1 unspecified atom stereocenters. The number of hydrogen-bond acceptors (Lipinski definition) is 7. The lowest BCUT2D eigenvalue weighted by Gasteiger charge is -2.38. The molecule has 1 aromatic carbocycles. The minimum atomic E-state index is -0.274. The molecule has 1 N–H and O–H groups in total. The number of hydrogen-bond donors (Lipinski definition) is 1. The van der Waals surface area contributed by atoms with E-state index in [-0.39, 0.29) is 18.0 Å². The summed E-state index contributed by atoms with van der Waals surface area (Å²) >= 11 is 4.93. The van der Waals surface area contributed by atoms with Crippen LogP contribution in [0.5, 0.6) is 5.88 Å². The molecular weight excluding hydrogens is 458 g/mol. The molecule has 3 aromatic rings. The molecular formula is C19H22BrN5O3S. The molecule has 0 aliphatic carbocycles. The second kappa shape index (κ2) is 8.29. The van der Waals surface area contributed by atoms with E-state index in [0.29, 0.717) is 43.6 Å². The van der Waals surface area contributed by atoms with Gasteiger partial charge in [0.2, 0.25) is 10.8 Å². The third kappa shape index (κ3) is 3.96. The zero-order valence-electron chi connectivity index (χ0n) is 16.2. The number of ether oxygens (including phenoxy) is 1. The van der Waals surface area contributed by atoms with Gasteiger partial charge in [0.1, 0.15) is 5.82 Å². The Morgan fingerprint density at radius 2 is 1.97 bits per heavy atom. The monoisotopic (exact) mass is 479 g/mol. The van der Waals surface area contributed by atoms with Gasteiger partial charge < -0.3 is 14.7 Å². The summed E-state index contributed by atoms with van der Waals surface area (Å²) in [7, 11) is 0. The molecule has 0 bridgehead atoms. The lowest BCUT2D eigenvalue weighted by molar-refractivity contribution is 0.0715. The molecule has 0 spiro atoms. The average Bonchev–Trinajstić information content (AvgIpc) is 3.22. The minimum absolute atomic E-state index is 0.117. The van der Waals surface area contributed by atoms with E-state index in [9.17, 15) is 9.90 Å². The number of piperazine rings is 1. The number of thiazole rings is 1. The summed E-state index contributed by atoms with van der Waals surface area (Å²) in [6.07, 6.45) is -0.274. The molecule has 1 saturated heterocycles. The van der Waals surface area contributed by atoms with E-state index in [1.54, 1.807) is 11.8 Å². The van der Waals surface area contributed by atoms with Crippen molar-refractivity contribution in [3.63, 3.8) is 0 Å². The normalized spacial score (nSPS) is 16.3. The molecule has 154 valence electrons. The Bertz CT molecular complexity index is 1010. The molecule has 0 radical (unpaired) electrons. The number of aromatic nitrogens is 3. The van der Waals surface area contributed by atoms with Crippen molar-refractivity contribution in [1.29, 1.82) is 0 Å². The Morgan fingerprint density at radius 1 is 1.28 bits per heavy atom. The van der Waals surface area contributed by atoms with Crippen LogP contribution in [0.2, 0.25) is 0 Å². The van der Waals surface area contributed by atoms with Gasteiger partial charge in [-0.2, -0.15) is 4.52 Å². The van der Waals surface area contributed by atoms with Gasteiger partial charge in [-0.3, -0.25) is 4.90 Å². The fourth-order valence-corrected chi connectivity index (χ4v) is 5.00. The maximum Gasteiger partial charge on any atom is 0.409 e. The van der Waals surface area contributed by atoms with Crippen LogP contribution < -0.4 is 0 Å². The molecule has 1 amide bonds. The van der Waals surface area contributed by atoms with Crippen LogP contribution >= 0.6 is 27.3 Å². The predicted octanol–water partition coefficient (Wildman–Crippen LogP) is 3.43. The van der Waals surface area contributed by atoms with Crippen LogP contribution in [0, 0.1) is 6.92 Å². The van der Waals surface area contributed by atoms with E-state index in [2.05, 4.69) is 30.9 Å². The lowest BCUT2D eigenvalue weighted by Crippen LogP contribution is -2.49. The van der Waals surface area contributed by atoms with Crippen molar-refractivity contribution in [3.05, 3.63) is 45.0 Å². The number of carbonyl (C=O) groups is 1. The highest BCUT2D eigenvalue weighted by Gasteiger charge is 2.32. The summed E-state index contributed by atoms with van der Waals surface area (Å²) in [6.45, 7) is 6.48. The molecule has 4 rings (SSSR count). The van der Waals surface area contributed by atoms with Crippen molar-refractivity contribution in [3.8, 4) is 5.88 Å². The summed E-state index contributed by atoms with van der Waals surface area (Å²) < 4.78 is 7.62. The number of benzene rings is 1. The number of aryl methyl sites for hydroxylation is 1. The number of fused-ring (bicyclic) bond motifs is 1. The molecule has 8 nitrogen and oxygen atoms in total. The van der Waals surface area contributed by atoms with Crippen LogP contribution in [0.25, 0.3) is 4.96 Å². The zero-order valence-corrected chi connectivity index (χ0v) is 18.6. The first-order chi connectivity index (χ1) is 14.0. The Hall–Kier alpha value is -2.17. The van der Waals surface area contributed by atoms with E-state index in [0.717, 1.165) is 14.9 Å². The number of carbonyl (C=O) groups excluding carboxylic acids is 1. The first kappa shape index (κ1) is 20.1. The Labute approximate surface area is 180 Å². The summed E-state index contributed by atoms with van der Waals surface area (Å²) in [5, 5.41) is 15.2. The third-order valence-corrected chi connectivity index (χ3v) is 6.55. The van der Waals surface area contributed by atoms with Crippen LogP contribution in [0.4, 0.5) is 4.79 Å². The van der Waals surface area contributed by atoms with Crippen molar-refractivity contribution in [2.45, 2.75) is 19.9 Å². The standard InChI is InChI=1S/C19H22BrN5O3S/c1-3-28-19(27)24-10-8-23(9-11-24)15(13-4-6-14(20)7-5-13)16-17(26)25-18(29-16)21-12(2)22-25/h4-7,15,26H,3,8-11H2,1-2H3. The summed E-state index contributed by atoms with van der Waals surface area (Å²) in [5.74, 6) is 0.743. The van der Waals surface area contributed by atoms with Gasteiger partial charge in [0, 0.05) is 30.7 Å². The first-order valence-corrected chi connectivity index (χ1v) is 11.0. The van der Waals surface area contributed by atoms with Crippen LogP contribution in [0.1, 0.15) is 29.2 Å². The summed E-state index contributed by atoms with van der Waals surface area (Å²) in [6, 6.07) is 7.94. The van der Waals surface area contributed by atoms with Gasteiger partial charge in [-0.05, 0) is 31.5 Å². The quantitative estimate of drug-likeness (QED) is 0.616.